The second-order valence-corrected chi connectivity index (χ2v) is 4.16. The van der Waals surface area contributed by atoms with Gasteiger partial charge < -0.3 is 14.6 Å². The van der Waals surface area contributed by atoms with Crippen molar-refractivity contribution in [1.29, 1.82) is 0 Å². The van der Waals surface area contributed by atoms with Crippen molar-refractivity contribution in [1.82, 2.24) is 14.9 Å². The van der Waals surface area contributed by atoms with Crippen molar-refractivity contribution < 1.29 is 4.74 Å². The number of rotatable bonds is 9. The lowest BCUT2D eigenvalue weighted by atomic mass is 10.1. The Hall–Kier alpha value is -0.870. The molecule has 0 aromatic carbocycles. The van der Waals surface area contributed by atoms with Gasteiger partial charge in [0.05, 0.1) is 0 Å². The van der Waals surface area contributed by atoms with Gasteiger partial charge in [0.15, 0.2) is 0 Å². The summed E-state index contributed by atoms with van der Waals surface area (Å²) in [6, 6.07) is 0.489. The van der Waals surface area contributed by atoms with Gasteiger partial charge in [0, 0.05) is 44.6 Å². The zero-order valence-electron chi connectivity index (χ0n) is 11.3. The minimum Gasteiger partial charge on any atom is -0.382 e. The Morgan fingerprint density at radius 3 is 2.94 bits per heavy atom. The van der Waals surface area contributed by atoms with Gasteiger partial charge in [-0.2, -0.15) is 0 Å². The molecule has 98 valence electrons. The quantitative estimate of drug-likeness (QED) is 0.668. The van der Waals surface area contributed by atoms with Crippen molar-refractivity contribution in [2.24, 2.45) is 0 Å². The highest BCUT2D eigenvalue weighted by Crippen LogP contribution is 2.06. The number of likely N-dealkylation sites (N-methyl/N-ethyl adjacent to an activating group) is 1. The van der Waals surface area contributed by atoms with E-state index in [0.29, 0.717) is 6.04 Å². The van der Waals surface area contributed by atoms with Gasteiger partial charge in [-0.05, 0) is 33.7 Å². The van der Waals surface area contributed by atoms with Crippen molar-refractivity contribution in [2.45, 2.75) is 45.7 Å². The maximum Gasteiger partial charge on any atom is 0.110 e. The minimum atomic E-state index is 0.489. The van der Waals surface area contributed by atoms with Gasteiger partial charge in [0.1, 0.15) is 5.82 Å². The standard InChI is InChI=1S/C13H25N3O/c1-4-16-9-8-15-13(16)11-12(14-3)7-6-10-17-5-2/h8-9,12,14H,4-7,10-11H2,1-3H3. The molecule has 1 unspecified atom stereocenters. The van der Waals surface area contributed by atoms with E-state index in [2.05, 4.69) is 21.8 Å². The molecule has 1 rings (SSSR count). The van der Waals surface area contributed by atoms with Gasteiger partial charge in [-0.3, -0.25) is 0 Å². The molecule has 1 aromatic rings. The fourth-order valence-corrected chi connectivity index (χ4v) is 1.96. The summed E-state index contributed by atoms with van der Waals surface area (Å²) in [7, 11) is 2.02. The Labute approximate surface area is 104 Å². The molecule has 1 atom stereocenters. The first-order chi connectivity index (χ1) is 8.31. The molecule has 1 N–H and O–H groups in total. The number of hydrogen-bond donors (Lipinski definition) is 1. The average molecular weight is 239 g/mol. The number of imidazole rings is 1. The fourth-order valence-electron chi connectivity index (χ4n) is 1.96. The third-order valence-corrected chi connectivity index (χ3v) is 3.03. The second kappa shape index (κ2) is 8.25. The molecule has 0 aliphatic carbocycles. The van der Waals surface area contributed by atoms with E-state index in [9.17, 15) is 0 Å². The molecule has 0 fully saturated rings. The zero-order valence-corrected chi connectivity index (χ0v) is 11.3. The molecule has 0 bridgehead atoms. The molecule has 0 aliphatic rings. The molecule has 0 amide bonds. The Morgan fingerprint density at radius 1 is 1.47 bits per heavy atom. The molecule has 0 saturated carbocycles. The lowest BCUT2D eigenvalue weighted by molar-refractivity contribution is 0.141. The van der Waals surface area contributed by atoms with Gasteiger partial charge in [-0.1, -0.05) is 0 Å². The predicted molar refractivity (Wildman–Crippen MR) is 70.2 cm³/mol. The third-order valence-electron chi connectivity index (χ3n) is 3.03. The van der Waals surface area contributed by atoms with Gasteiger partial charge in [0.2, 0.25) is 0 Å². The smallest absolute Gasteiger partial charge is 0.110 e. The first-order valence-corrected chi connectivity index (χ1v) is 6.56. The average Bonchev–Trinajstić information content (AvgIpc) is 2.80. The molecular weight excluding hydrogens is 214 g/mol. The predicted octanol–water partition coefficient (Wildman–Crippen LogP) is 1.85. The third kappa shape index (κ3) is 4.88. The summed E-state index contributed by atoms with van der Waals surface area (Å²) in [5.41, 5.74) is 0. The molecule has 17 heavy (non-hydrogen) atoms. The maximum absolute atomic E-state index is 5.36. The largest absolute Gasteiger partial charge is 0.382 e. The summed E-state index contributed by atoms with van der Waals surface area (Å²) in [5.74, 6) is 1.17. The minimum absolute atomic E-state index is 0.489. The van der Waals surface area contributed by atoms with Crippen molar-refractivity contribution in [3.8, 4) is 0 Å². The molecule has 1 heterocycles. The highest BCUT2D eigenvalue weighted by Gasteiger charge is 2.10. The molecule has 0 aliphatic heterocycles. The van der Waals surface area contributed by atoms with Crippen LogP contribution in [0, 0.1) is 0 Å². The number of nitrogens with one attached hydrogen (secondary N) is 1. The van der Waals surface area contributed by atoms with Crippen molar-refractivity contribution in [3.63, 3.8) is 0 Å². The number of aromatic nitrogens is 2. The second-order valence-electron chi connectivity index (χ2n) is 4.16. The van der Waals surface area contributed by atoms with Gasteiger partial charge >= 0.3 is 0 Å². The van der Waals surface area contributed by atoms with E-state index >= 15 is 0 Å². The summed E-state index contributed by atoms with van der Waals surface area (Å²) >= 11 is 0. The van der Waals surface area contributed by atoms with E-state index in [-0.39, 0.29) is 0 Å². The van der Waals surface area contributed by atoms with E-state index in [1.54, 1.807) is 0 Å². The molecule has 4 heteroatoms. The Bertz CT molecular complexity index is 299. The molecule has 0 saturated heterocycles. The maximum atomic E-state index is 5.36. The number of hydrogen-bond acceptors (Lipinski definition) is 3. The highest BCUT2D eigenvalue weighted by atomic mass is 16.5. The molecule has 1 aromatic heterocycles. The summed E-state index contributed by atoms with van der Waals surface area (Å²) < 4.78 is 7.56. The molecule has 0 radical (unpaired) electrons. The Kier molecular flexibility index (Phi) is 6.89. The lowest BCUT2D eigenvalue weighted by Crippen LogP contribution is -2.29. The lowest BCUT2D eigenvalue weighted by Gasteiger charge is -2.16. The van der Waals surface area contributed by atoms with Crippen molar-refractivity contribution in [3.05, 3.63) is 18.2 Å². The van der Waals surface area contributed by atoms with Crippen LogP contribution in [-0.2, 0) is 17.7 Å². The number of aryl methyl sites for hydroxylation is 1. The van der Waals surface area contributed by atoms with Crippen LogP contribution in [0.25, 0.3) is 0 Å². The van der Waals surface area contributed by atoms with E-state index < -0.39 is 0 Å². The van der Waals surface area contributed by atoms with Crippen LogP contribution in [-0.4, -0.2) is 35.9 Å². The van der Waals surface area contributed by atoms with E-state index in [1.165, 1.54) is 5.82 Å². The highest BCUT2D eigenvalue weighted by molar-refractivity contribution is 4.95. The molecular formula is C13H25N3O. The van der Waals surface area contributed by atoms with Crippen molar-refractivity contribution >= 4 is 0 Å². The summed E-state index contributed by atoms with van der Waals surface area (Å²) in [4.78, 5) is 4.41. The summed E-state index contributed by atoms with van der Waals surface area (Å²) in [5, 5.41) is 3.36. The van der Waals surface area contributed by atoms with Crippen LogP contribution < -0.4 is 5.32 Å². The Morgan fingerprint density at radius 2 is 2.29 bits per heavy atom. The van der Waals surface area contributed by atoms with Crippen LogP contribution in [0.5, 0.6) is 0 Å². The van der Waals surface area contributed by atoms with Crippen LogP contribution in [0.1, 0.15) is 32.5 Å². The first-order valence-electron chi connectivity index (χ1n) is 6.56. The topological polar surface area (TPSA) is 39.1 Å². The van der Waals surface area contributed by atoms with Gasteiger partial charge in [-0.15, -0.1) is 0 Å². The van der Waals surface area contributed by atoms with Crippen molar-refractivity contribution in [2.75, 3.05) is 20.3 Å². The molecule has 0 spiro atoms. The SMILES string of the molecule is CCOCCCC(Cc1nccn1CC)NC. The normalized spacial score (nSPS) is 12.9. The monoisotopic (exact) mass is 239 g/mol. The van der Waals surface area contributed by atoms with Crippen LogP contribution in [0.3, 0.4) is 0 Å². The van der Waals surface area contributed by atoms with Crippen LogP contribution in [0.2, 0.25) is 0 Å². The zero-order chi connectivity index (χ0) is 12.5. The molecule has 4 nitrogen and oxygen atoms in total. The first kappa shape index (κ1) is 14.2. The number of nitrogens with zero attached hydrogens (tertiary/aromatic N) is 2. The van der Waals surface area contributed by atoms with Gasteiger partial charge in [0.25, 0.3) is 0 Å². The summed E-state index contributed by atoms with van der Waals surface area (Å²) in [6.07, 6.45) is 7.15. The van der Waals surface area contributed by atoms with E-state index in [1.807, 2.05) is 26.4 Å². The number of ether oxygens (including phenoxy) is 1. The van der Waals surface area contributed by atoms with E-state index in [0.717, 1.165) is 39.0 Å². The van der Waals surface area contributed by atoms with Crippen LogP contribution in [0.4, 0.5) is 0 Å². The van der Waals surface area contributed by atoms with Crippen LogP contribution in [0.15, 0.2) is 12.4 Å². The fraction of sp³-hybridized carbons (Fsp3) is 0.769. The summed E-state index contributed by atoms with van der Waals surface area (Å²) in [6.45, 7) is 6.84. The van der Waals surface area contributed by atoms with E-state index in [4.69, 9.17) is 4.74 Å². The van der Waals surface area contributed by atoms with Gasteiger partial charge in [-0.25, -0.2) is 4.98 Å². The Balaban J connectivity index is 2.35. The van der Waals surface area contributed by atoms with Crippen LogP contribution >= 0.6 is 0 Å².